The summed E-state index contributed by atoms with van der Waals surface area (Å²) in [5.74, 6) is -9.94. The number of aromatic amines is 1. The van der Waals surface area contributed by atoms with E-state index >= 15 is 0 Å². The summed E-state index contributed by atoms with van der Waals surface area (Å²) in [5, 5.41) is 27.1. The minimum Gasteiger partial charge on any atom is -0.370 e. The number of hydrogen-bond acceptors (Lipinski definition) is 16. The van der Waals surface area contributed by atoms with Crippen LogP contribution in [0.2, 0.25) is 0 Å². The number of nitrogens with one attached hydrogen (secondary N) is 11. The summed E-state index contributed by atoms with van der Waals surface area (Å²) in [6.07, 6.45) is 6.51. The van der Waals surface area contributed by atoms with E-state index in [4.69, 9.17) is 11.5 Å². The summed E-state index contributed by atoms with van der Waals surface area (Å²) >= 11 is 1.45. The van der Waals surface area contributed by atoms with Crippen molar-refractivity contribution in [2.24, 2.45) is 33.3 Å². The van der Waals surface area contributed by atoms with Gasteiger partial charge in [0.1, 0.15) is 66.8 Å². The first-order chi connectivity index (χ1) is 43.3. The molecule has 0 radical (unpaired) electrons. The number of H-pyrrole nitrogens is 1. The van der Waals surface area contributed by atoms with Crippen molar-refractivity contribution in [1.82, 2.24) is 63.1 Å². The number of fused-ring (bicyclic) bond motifs is 1. The molecule has 30 heteroatoms. The van der Waals surface area contributed by atoms with E-state index in [1.807, 2.05) is 6.26 Å². The summed E-state index contributed by atoms with van der Waals surface area (Å²) < 4.78 is 0. The minimum atomic E-state index is -1.48. The number of nitrogens with zero attached hydrogens (tertiary/aromatic N) is 3. The van der Waals surface area contributed by atoms with Gasteiger partial charge in [0.25, 0.3) is 0 Å². The zero-order chi connectivity index (χ0) is 66.5. The largest absolute Gasteiger partial charge is 0.370 e. The van der Waals surface area contributed by atoms with Gasteiger partial charge >= 0.3 is 0 Å². The number of nitrogens with two attached hydrogens (primary N) is 2. The van der Waals surface area contributed by atoms with Gasteiger partial charge in [-0.2, -0.15) is 11.8 Å². The molecule has 3 aliphatic rings. The molecule has 0 spiro atoms. The quantitative estimate of drug-likeness (QED) is 0.0306. The molecule has 11 atom stereocenters. The first-order valence-electron chi connectivity index (χ1n) is 30.3. The molecule has 0 aliphatic carbocycles. The highest BCUT2D eigenvalue weighted by Gasteiger charge is 2.42. The van der Waals surface area contributed by atoms with Gasteiger partial charge in [0.05, 0.1) is 12.6 Å². The van der Waals surface area contributed by atoms with Crippen molar-refractivity contribution in [3.8, 4) is 0 Å². The van der Waals surface area contributed by atoms with Crippen LogP contribution in [-0.2, 0) is 75.2 Å². The lowest BCUT2D eigenvalue weighted by Crippen LogP contribution is -2.60. The van der Waals surface area contributed by atoms with Gasteiger partial charge in [-0.05, 0) is 80.1 Å². The Kier molecular flexibility index (Phi) is 26.6. The molecule has 2 fully saturated rings. The van der Waals surface area contributed by atoms with E-state index in [0.717, 1.165) is 0 Å². The Bertz CT molecular complexity index is 3200. The molecule has 0 saturated carbocycles. The number of benzene rings is 2. The van der Waals surface area contributed by atoms with Crippen LogP contribution in [0.4, 0.5) is 0 Å². The summed E-state index contributed by atoms with van der Waals surface area (Å²) in [5.41, 5.74) is 13.1. The van der Waals surface area contributed by atoms with Gasteiger partial charge in [-0.25, -0.2) is 4.99 Å². The zero-order valence-corrected chi connectivity index (χ0v) is 52.7. The molecule has 11 unspecified atom stereocenters. The highest BCUT2D eigenvalue weighted by molar-refractivity contribution is 7.98. The maximum absolute atomic E-state index is 14.5. The van der Waals surface area contributed by atoms with Gasteiger partial charge in [-0.15, -0.1) is 0 Å². The Morgan fingerprint density at radius 2 is 1.32 bits per heavy atom. The molecule has 4 heterocycles. The topological polar surface area (TPSA) is 438 Å². The first kappa shape index (κ1) is 70.9. The number of primary amides is 2. The highest BCUT2D eigenvalue weighted by atomic mass is 32.2. The van der Waals surface area contributed by atoms with Crippen molar-refractivity contribution in [3.05, 3.63) is 71.9 Å². The zero-order valence-electron chi connectivity index (χ0n) is 51.8. The predicted octanol–water partition coefficient (Wildman–Crippen LogP) is -2.08. The maximum Gasteiger partial charge on any atom is 0.246 e. The average molecular weight is 1280 g/mol. The van der Waals surface area contributed by atoms with Gasteiger partial charge in [0.15, 0.2) is 0 Å². The van der Waals surface area contributed by atoms with Crippen LogP contribution in [0, 0.1) is 11.8 Å². The number of aliphatic imine (C=N–C) groups is 2. The number of carbonyl (C=O) groups is 13. The van der Waals surface area contributed by atoms with Crippen molar-refractivity contribution in [1.29, 1.82) is 0 Å². The summed E-state index contributed by atoms with van der Waals surface area (Å²) in [4.78, 5) is 189. The minimum absolute atomic E-state index is 0.00338. The Balaban J connectivity index is 1.12. The van der Waals surface area contributed by atoms with Crippen LogP contribution in [0.3, 0.4) is 0 Å². The van der Waals surface area contributed by atoms with Crippen molar-refractivity contribution in [2.75, 3.05) is 25.1 Å². The van der Waals surface area contributed by atoms with Crippen LogP contribution >= 0.6 is 11.8 Å². The Labute approximate surface area is 530 Å². The normalized spacial score (nSPS) is 18.5. The molecule has 0 bridgehead atoms. The monoisotopic (exact) mass is 1280 g/mol. The number of thioether (sulfide) groups is 1. The molecular weight excluding hydrogens is 1200 g/mol. The van der Waals surface area contributed by atoms with E-state index in [-0.39, 0.29) is 70.2 Å². The number of para-hydroxylation sites is 1. The number of amides is 13. The lowest BCUT2D eigenvalue weighted by atomic mass is 10.0. The molecule has 3 aromatic rings. The SMILES string of the molecule is CSCCC(NC(=O)C(Cc1ccccc1)NC(=O)C(CC1C=NC=N1)NC(=O)CNC(=O)C(NC(=O)C(C)NC(=O)C(Cc1c[nH]c2ccccc12)NC(=O)C(CCC(N)=O)NC(=O)C1CCCN1C(=O)C(NC(=O)C1CCC(=O)N1)C(C)C)C(C)C)C(N)=O. The fourth-order valence-electron chi connectivity index (χ4n) is 10.6. The van der Waals surface area contributed by atoms with Gasteiger partial charge in [-0.1, -0.05) is 76.2 Å². The molecular formula is C61H84N16O13S. The first-order valence-corrected chi connectivity index (χ1v) is 31.7. The maximum atomic E-state index is 14.5. The number of likely N-dealkylation sites (tertiary alicyclic amines) is 1. The van der Waals surface area contributed by atoms with Gasteiger partial charge < -0.3 is 74.5 Å². The molecule has 2 aromatic carbocycles. The number of carbonyl (C=O) groups excluding carboxylic acids is 13. The van der Waals surface area contributed by atoms with Crippen LogP contribution in [0.15, 0.2) is 70.8 Å². The van der Waals surface area contributed by atoms with Crippen LogP contribution in [-0.4, -0.2) is 191 Å². The summed E-state index contributed by atoms with van der Waals surface area (Å²) in [6, 6.07) is 3.14. The third-order valence-corrected chi connectivity index (χ3v) is 16.4. The van der Waals surface area contributed by atoms with E-state index in [1.54, 1.807) is 88.5 Å². The van der Waals surface area contributed by atoms with Crippen LogP contribution < -0.4 is 64.6 Å². The van der Waals surface area contributed by atoms with E-state index in [2.05, 4.69) is 68.1 Å². The predicted molar refractivity (Wildman–Crippen MR) is 338 cm³/mol. The third-order valence-electron chi connectivity index (χ3n) is 15.7. The van der Waals surface area contributed by atoms with Crippen LogP contribution in [0.5, 0.6) is 0 Å². The van der Waals surface area contributed by atoms with Crippen molar-refractivity contribution >= 4 is 112 Å². The van der Waals surface area contributed by atoms with Gasteiger partial charge in [0, 0.05) is 62.0 Å². The summed E-state index contributed by atoms with van der Waals surface area (Å²) in [7, 11) is 0. The molecule has 1 aromatic heterocycles. The lowest BCUT2D eigenvalue weighted by Gasteiger charge is -2.32. The summed E-state index contributed by atoms with van der Waals surface area (Å²) in [6.45, 7) is 7.49. The second kappa shape index (κ2) is 34.1. The lowest BCUT2D eigenvalue weighted by molar-refractivity contribution is -0.143. The molecule has 13 amide bonds. The van der Waals surface area contributed by atoms with E-state index in [1.165, 1.54) is 36.1 Å². The molecule has 2 saturated heterocycles. The Morgan fingerprint density at radius 3 is 1.96 bits per heavy atom. The molecule has 6 rings (SSSR count). The molecule has 15 N–H and O–H groups in total. The van der Waals surface area contributed by atoms with E-state index < -0.39 is 156 Å². The smallest absolute Gasteiger partial charge is 0.246 e. The van der Waals surface area contributed by atoms with Crippen LogP contribution in [0.1, 0.15) is 97.1 Å². The second-order valence-electron chi connectivity index (χ2n) is 23.4. The third kappa shape index (κ3) is 20.9. The van der Waals surface area contributed by atoms with Crippen molar-refractivity contribution in [3.63, 3.8) is 0 Å². The average Bonchev–Trinajstić information content (AvgIpc) is 4.03. The molecule has 29 nitrogen and oxygen atoms in total. The Morgan fingerprint density at radius 1 is 0.670 bits per heavy atom. The molecule has 91 heavy (non-hydrogen) atoms. The second-order valence-corrected chi connectivity index (χ2v) is 24.4. The van der Waals surface area contributed by atoms with Gasteiger partial charge in [0.2, 0.25) is 76.8 Å². The fourth-order valence-corrected chi connectivity index (χ4v) is 11.1. The van der Waals surface area contributed by atoms with Gasteiger partial charge in [-0.3, -0.25) is 67.3 Å². The van der Waals surface area contributed by atoms with E-state index in [9.17, 15) is 62.3 Å². The standard InChI is InChI=1S/C61H84N16O13S/c1-32(2)50(60(89)66-30-49(80)70-45(27-37-29-64-31-67-37)58(87)73-43(25-35-13-8-7-9-14-35)57(86)71-40(52(63)81)22-24-91-6)75-53(82)34(5)68-56(85)44(26-36-28-65-39-16-11-10-15-38(36)39)74-54(83)42(18-20-47(62)78)72-59(88)46-17-12-23-77(46)61(90)51(33(3)4)76-55(84)41-19-21-48(79)69-41/h7-11,13-16,28-29,31-34,37,40-46,50-51,65H,12,17-27,30H2,1-6H3,(H2,62,78)(H2,63,81)(H,66,89)(H,68,85)(H,69,79)(H,70,80)(H,71,86)(H,72,88)(H,73,87)(H,74,83)(H,75,82)(H,76,84). The highest BCUT2D eigenvalue weighted by Crippen LogP contribution is 2.23. The molecule has 492 valence electrons. The van der Waals surface area contributed by atoms with Crippen LogP contribution in [0.25, 0.3) is 10.9 Å². The van der Waals surface area contributed by atoms with E-state index in [0.29, 0.717) is 34.2 Å². The fraction of sp³-hybridized carbons (Fsp3) is 0.525. The number of rotatable bonds is 34. The molecule has 3 aliphatic heterocycles. The van der Waals surface area contributed by atoms with Crippen molar-refractivity contribution in [2.45, 2.75) is 165 Å². The number of aromatic nitrogens is 1. The Hall–Kier alpha value is -9.22. The van der Waals surface area contributed by atoms with Crippen molar-refractivity contribution < 1.29 is 62.3 Å². The number of hydrogen-bond donors (Lipinski definition) is 13.